The van der Waals surface area contributed by atoms with E-state index >= 15 is 0 Å². The van der Waals surface area contributed by atoms with Gasteiger partial charge in [-0.15, -0.1) is 0 Å². The van der Waals surface area contributed by atoms with Crippen LogP contribution in [0.4, 0.5) is 10.5 Å². The van der Waals surface area contributed by atoms with Crippen LogP contribution < -0.4 is 15.4 Å². The fraction of sp³-hybridized carbons (Fsp3) is 0.467. The lowest BCUT2D eigenvalue weighted by atomic mass is 9.99. The van der Waals surface area contributed by atoms with Crippen molar-refractivity contribution in [3.05, 3.63) is 23.8 Å². The molecule has 0 aliphatic heterocycles. The Morgan fingerprint density at radius 2 is 2.05 bits per heavy atom. The molecule has 0 saturated heterocycles. The summed E-state index contributed by atoms with van der Waals surface area (Å²) in [4.78, 5) is 23.1. The monoisotopic (exact) mass is 294 g/mol. The van der Waals surface area contributed by atoms with Gasteiger partial charge < -0.3 is 20.5 Å². The molecule has 0 heterocycles. The van der Waals surface area contributed by atoms with Crippen LogP contribution in [0.2, 0.25) is 0 Å². The van der Waals surface area contributed by atoms with E-state index in [4.69, 9.17) is 9.84 Å². The van der Waals surface area contributed by atoms with Gasteiger partial charge in [0.15, 0.2) is 0 Å². The average Bonchev–Trinajstić information content (AvgIpc) is 2.45. The number of benzene rings is 1. The first-order chi connectivity index (χ1) is 9.88. The molecule has 0 spiro atoms. The van der Waals surface area contributed by atoms with Gasteiger partial charge in [-0.1, -0.05) is 20.3 Å². The molecule has 0 fully saturated rings. The second-order valence-corrected chi connectivity index (χ2v) is 4.98. The van der Waals surface area contributed by atoms with E-state index in [0.29, 0.717) is 17.9 Å². The maximum absolute atomic E-state index is 11.9. The molecule has 21 heavy (non-hydrogen) atoms. The van der Waals surface area contributed by atoms with E-state index in [0.717, 1.165) is 5.56 Å². The lowest BCUT2D eigenvalue weighted by Crippen LogP contribution is -2.46. The molecular formula is C15H22N2O4. The Morgan fingerprint density at radius 3 is 2.52 bits per heavy atom. The minimum atomic E-state index is -1.04. The summed E-state index contributed by atoms with van der Waals surface area (Å²) in [6, 6.07) is 3.79. The molecule has 0 aromatic heterocycles. The topological polar surface area (TPSA) is 87.7 Å². The van der Waals surface area contributed by atoms with E-state index in [2.05, 4.69) is 10.6 Å². The molecule has 2 amide bonds. The number of hydrogen-bond acceptors (Lipinski definition) is 3. The van der Waals surface area contributed by atoms with Crippen molar-refractivity contribution < 1.29 is 19.4 Å². The Hall–Kier alpha value is -2.24. The van der Waals surface area contributed by atoms with Gasteiger partial charge in [-0.3, -0.25) is 0 Å². The van der Waals surface area contributed by atoms with Crippen molar-refractivity contribution in [1.29, 1.82) is 0 Å². The number of nitrogens with one attached hydrogen (secondary N) is 2. The zero-order valence-corrected chi connectivity index (χ0v) is 12.8. The van der Waals surface area contributed by atoms with Gasteiger partial charge in [-0.05, 0) is 36.6 Å². The number of hydrogen-bond donors (Lipinski definition) is 3. The van der Waals surface area contributed by atoms with Crippen molar-refractivity contribution in [2.75, 3.05) is 12.4 Å². The van der Waals surface area contributed by atoms with Gasteiger partial charge in [0, 0.05) is 5.69 Å². The van der Waals surface area contributed by atoms with E-state index in [1.54, 1.807) is 32.2 Å². The molecule has 1 aromatic rings. The third-order valence-electron chi connectivity index (χ3n) is 3.45. The Balaban J connectivity index is 2.74. The number of amides is 2. The fourth-order valence-electron chi connectivity index (χ4n) is 1.89. The number of anilines is 1. The molecule has 0 saturated carbocycles. The van der Waals surface area contributed by atoms with Crippen LogP contribution in [0.15, 0.2) is 18.2 Å². The number of carboxylic acid groups (broad SMARTS) is 1. The first-order valence-corrected chi connectivity index (χ1v) is 6.84. The summed E-state index contributed by atoms with van der Waals surface area (Å²) in [6.07, 6.45) is 0.665. The number of methoxy groups -OCH3 is 1. The molecule has 0 aliphatic carbocycles. The molecule has 6 heteroatoms. The highest BCUT2D eigenvalue weighted by Crippen LogP contribution is 2.21. The molecule has 1 aromatic carbocycles. The first kappa shape index (κ1) is 16.8. The molecule has 0 radical (unpaired) electrons. The van der Waals surface area contributed by atoms with Gasteiger partial charge in [-0.2, -0.15) is 0 Å². The Kier molecular flexibility index (Phi) is 6.02. The number of carboxylic acids is 1. The second-order valence-electron chi connectivity index (χ2n) is 4.98. The summed E-state index contributed by atoms with van der Waals surface area (Å²) in [6.45, 7) is 5.51. The normalized spacial score (nSPS) is 13.1. The third kappa shape index (κ3) is 4.66. The lowest BCUT2D eigenvalue weighted by Gasteiger charge is -2.20. The largest absolute Gasteiger partial charge is 0.497 e. The summed E-state index contributed by atoms with van der Waals surface area (Å²) < 4.78 is 5.09. The van der Waals surface area contributed by atoms with Crippen molar-refractivity contribution in [3.8, 4) is 5.75 Å². The van der Waals surface area contributed by atoms with E-state index in [1.807, 2.05) is 13.8 Å². The highest BCUT2D eigenvalue weighted by molar-refractivity contribution is 5.93. The number of rotatable bonds is 6. The van der Waals surface area contributed by atoms with Crippen molar-refractivity contribution in [2.24, 2.45) is 5.92 Å². The Bertz CT molecular complexity index is 516. The van der Waals surface area contributed by atoms with Crippen molar-refractivity contribution in [1.82, 2.24) is 5.32 Å². The van der Waals surface area contributed by atoms with E-state index in [1.165, 1.54) is 0 Å². The average molecular weight is 294 g/mol. The van der Waals surface area contributed by atoms with Crippen LogP contribution in [0.25, 0.3) is 0 Å². The van der Waals surface area contributed by atoms with Crippen LogP contribution in [0.5, 0.6) is 5.75 Å². The zero-order valence-electron chi connectivity index (χ0n) is 12.8. The van der Waals surface area contributed by atoms with E-state index in [9.17, 15) is 9.59 Å². The van der Waals surface area contributed by atoms with E-state index in [-0.39, 0.29) is 5.92 Å². The summed E-state index contributed by atoms with van der Waals surface area (Å²) in [7, 11) is 1.57. The number of ether oxygens (including phenoxy) is 1. The van der Waals surface area contributed by atoms with Gasteiger partial charge in [0.1, 0.15) is 11.8 Å². The molecule has 1 unspecified atom stereocenters. The fourth-order valence-corrected chi connectivity index (χ4v) is 1.89. The Labute approximate surface area is 124 Å². The smallest absolute Gasteiger partial charge is 0.326 e. The van der Waals surface area contributed by atoms with Crippen LogP contribution in [-0.4, -0.2) is 30.3 Å². The minimum Gasteiger partial charge on any atom is -0.497 e. The lowest BCUT2D eigenvalue weighted by molar-refractivity contribution is -0.140. The van der Waals surface area contributed by atoms with Gasteiger partial charge in [-0.25, -0.2) is 9.59 Å². The maximum atomic E-state index is 11.9. The molecule has 2 atom stereocenters. The van der Waals surface area contributed by atoms with Gasteiger partial charge in [0.05, 0.1) is 7.11 Å². The van der Waals surface area contributed by atoms with Crippen molar-refractivity contribution in [3.63, 3.8) is 0 Å². The summed E-state index contributed by atoms with van der Waals surface area (Å²) in [5, 5.41) is 14.3. The van der Waals surface area contributed by atoms with Crippen LogP contribution >= 0.6 is 0 Å². The predicted molar refractivity (Wildman–Crippen MR) is 80.8 cm³/mol. The molecule has 6 nitrogen and oxygen atoms in total. The van der Waals surface area contributed by atoms with E-state index < -0.39 is 18.0 Å². The standard InChI is InChI=1S/C15H22N2O4/c1-5-9(2)13(14(18)19)17-15(20)16-12-7-6-11(21-4)8-10(12)3/h6-9,13H,5H2,1-4H3,(H,18,19)(H2,16,17,20)/t9?,13-/m0/s1. The highest BCUT2D eigenvalue weighted by Gasteiger charge is 2.25. The summed E-state index contributed by atoms with van der Waals surface area (Å²) >= 11 is 0. The van der Waals surface area contributed by atoms with Crippen LogP contribution in [0, 0.1) is 12.8 Å². The van der Waals surface area contributed by atoms with Gasteiger partial charge in [0.2, 0.25) is 0 Å². The number of aryl methyl sites for hydroxylation is 1. The highest BCUT2D eigenvalue weighted by atomic mass is 16.5. The molecule has 1 rings (SSSR count). The van der Waals surface area contributed by atoms with Gasteiger partial charge in [0.25, 0.3) is 0 Å². The third-order valence-corrected chi connectivity index (χ3v) is 3.45. The zero-order chi connectivity index (χ0) is 16.0. The number of aliphatic carboxylic acids is 1. The minimum absolute atomic E-state index is 0.148. The summed E-state index contributed by atoms with van der Waals surface area (Å²) in [5.74, 6) is -0.488. The number of urea groups is 1. The molecule has 0 bridgehead atoms. The molecule has 116 valence electrons. The van der Waals surface area contributed by atoms with Crippen LogP contribution in [0.1, 0.15) is 25.8 Å². The quantitative estimate of drug-likeness (QED) is 0.752. The number of carbonyl (C=O) groups excluding carboxylic acids is 1. The summed E-state index contributed by atoms with van der Waals surface area (Å²) in [5.41, 5.74) is 1.45. The second kappa shape index (κ2) is 7.52. The van der Waals surface area contributed by atoms with Crippen LogP contribution in [-0.2, 0) is 4.79 Å². The molecule has 3 N–H and O–H groups in total. The molecular weight excluding hydrogens is 272 g/mol. The van der Waals surface area contributed by atoms with Crippen molar-refractivity contribution in [2.45, 2.75) is 33.2 Å². The van der Waals surface area contributed by atoms with Gasteiger partial charge >= 0.3 is 12.0 Å². The van der Waals surface area contributed by atoms with Crippen LogP contribution in [0.3, 0.4) is 0 Å². The molecule has 0 aliphatic rings. The van der Waals surface area contributed by atoms with Crippen molar-refractivity contribution >= 4 is 17.7 Å². The first-order valence-electron chi connectivity index (χ1n) is 6.84. The SMILES string of the molecule is CCC(C)[C@H](NC(=O)Nc1ccc(OC)cc1C)C(=O)O. The number of carbonyl (C=O) groups is 2. The Morgan fingerprint density at radius 1 is 1.38 bits per heavy atom. The predicted octanol–water partition coefficient (Wildman–Crippen LogP) is 2.62. The maximum Gasteiger partial charge on any atom is 0.326 e.